The van der Waals surface area contributed by atoms with Crippen LogP contribution in [0.3, 0.4) is 0 Å². The molecule has 0 saturated heterocycles. The third-order valence-electron chi connectivity index (χ3n) is 3.51. The van der Waals surface area contributed by atoms with E-state index in [-0.39, 0.29) is 5.56 Å². The molecule has 0 radical (unpaired) electrons. The molecule has 0 aliphatic carbocycles. The minimum Gasteiger partial charge on any atom is -0.334 e. The molecule has 0 aliphatic heterocycles. The van der Waals surface area contributed by atoms with Gasteiger partial charge in [-0.2, -0.15) is 0 Å². The molecule has 0 N–H and O–H groups in total. The standard InChI is InChI=1S/C16H13FN2O/c1-10-5-16-15(18-9-19(16)2)7-13(10)11-3-4-12(8-20)14(17)6-11/h3-9H,1-2H3. The summed E-state index contributed by atoms with van der Waals surface area (Å²) < 4.78 is 15.7. The predicted octanol–water partition coefficient (Wildman–Crippen LogP) is 3.50. The minimum absolute atomic E-state index is 0.0744. The van der Waals surface area contributed by atoms with Gasteiger partial charge in [-0.1, -0.05) is 6.07 Å². The number of carbonyl (C=O) groups excluding carboxylic acids is 1. The number of carbonyl (C=O) groups is 1. The highest BCUT2D eigenvalue weighted by Crippen LogP contribution is 2.28. The Bertz CT molecular complexity index is 821. The summed E-state index contributed by atoms with van der Waals surface area (Å²) in [6, 6.07) is 8.62. The lowest BCUT2D eigenvalue weighted by molar-refractivity contribution is 0.112. The van der Waals surface area contributed by atoms with Crippen LogP contribution in [-0.2, 0) is 7.05 Å². The van der Waals surface area contributed by atoms with Crippen molar-refractivity contribution in [3.05, 3.63) is 53.6 Å². The molecule has 100 valence electrons. The fourth-order valence-electron chi connectivity index (χ4n) is 2.38. The normalized spacial score (nSPS) is 10.9. The molecule has 0 atom stereocenters. The van der Waals surface area contributed by atoms with Crippen molar-refractivity contribution in [1.82, 2.24) is 9.55 Å². The number of aryl methyl sites for hydroxylation is 2. The van der Waals surface area contributed by atoms with Crippen LogP contribution in [0, 0.1) is 12.7 Å². The van der Waals surface area contributed by atoms with E-state index in [0.29, 0.717) is 6.29 Å². The van der Waals surface area contributed by atoms with Gasteiger partial charge in [0.15, 0.2) is 6.29 Å². The van der Waals surface area contributed by atoms with Crippen LogP contribution in [0.2, 0.25) is 0 Å². The van der Waals surface area contributed by atoms with Crippen molar-refractivity contribution in [2.45, 2.75) is 6.92 Å². The van der Waals surface area contributed by atoms with E-state index in [0.717, 1.165) is 27.7 Å². The highest BCUT2D eigenvalue weighted by Gasteiger charge is 2.09. The van der Waals surface area contributed by atoms with Crippen molar-refractivity contribution < 1.29 is 9.18 Å². The fraction of sp³-hybridized carbons (Fsp3) is 0.125. The third-order valence-corrected chi connectivity index (χ3v) is 3.51. The van der Waals surface area contributed by atoms with Gasteiger partial charge < -0.3 is 4.57 Å². The van der Waals surface area contributed by atoms with Crippen LogP contribution in [0.25, 0.3) is 22.2 Å². The summed E-state index contributed by atoms with van der Waals surface area (Å²) in [5.41, 5.74) is 4.69. The Labute approximate surface area is 115 Å². The first-order chi connectivity index (χ1) is 9.60. The number of benzene rings is 2. The van der Waals surface area contributed by atoms with Gasteiger partial charge in [0, 0.05) is 7.05 Å². The molecule has 0 bridgehead atoms. The molecule has 3 aromatic rings. The maximum absolute atomic E-state index is 13.7. The van der Waals surface area contributed by atoms with E-state index >= 15 is 0 Å². The summed E-state index contributed by atoms with van der Waals surface area (Å²) in [6.45, 7) is 1.98. The Morgan fingerprint density at radius 1 is 1.25 bits per heavy atom. The lowest BCUT2D eigenvalue weighted by Crippen LogP contribution is -1.91. The molecule has 3 nitrogen and oxygen atoms in total. The zero-order valence-corrected chi connectivity index (χ0v) is 11.2. The molecule has 0 aliphatic rings. The molecule has 0 fully saturated rings. The van der Waals surface area contributed by atoms with Gasteiger partial charge in [0.25, 0.3) is 0 Å². The number of hydrogen-bond donors (Lipinski definition) is 0. The number of aldehydes is 1. The number of hydrogen-bond acceptors (Lipinski definition) is 2. The topological polar surface area (TPSA) is 34.9 Å². The van der Waals surface area contributed by atoms with Crippen molar-refractivity contribution in [1.29, 1.82) is 0 Å². The largest absolute Gasteiger partial charge is 0.334 e. The number of nitrogens with zero attached hydrogens (tertiary/aromatic N) is 2. The van der Waals surface area contributed by atoms with E-state index in [1.165, 1.54) is 12.1 Å². The quantitative estimate of drug-likeness (QED) is 0.667. The van der Waals surface area contributed by atoms with Crippen LogP contribution in [-0.4, -0.2) is 15.8 Å². The van der Waals surface area contributed by atoms with Gasteiger partial charge in [0.2, 0.25) is 0 Å². The average Bonchev–Trinajstić information content (AvgIpc) is 2.79. The molecule has 20 heavy (non-hydrogen) atoms. The van der Waals surface area contributed by atoms with Crippen LogP contribution in [0.4, 0.5) is 4.39 Å². The maximum atomic E-state index is 13.7. The Morgan fingerprint density at radius 2 is 2.05 bits per heavy atom. The Balaban J connectivity index is 2.21. The van der Waals surface area contributed by atoms with Gasteiger partial charge in [0.05, 0.1) is 22.9 Å². The molecule has 4 heteroatoms. The zero-order valence-electron chi connectivity index (χ0n) is 11.2. The maximum Gasteiger partial charge on any atom is 0.152 e. The predicted molar refractivity (Wildman–Crippen MR) is 76.2 cm³/mol. The molecule has 3 rings (SSSR count). The zero-order chi connectivity index (χ0) is 14.3. The van der Waals surface area contributed by atoms with Gasteiger partial charge in [-0.3, -0.25) is 4.79 Å². The molecule has 1 heterocycles. The number of aromatic nitrogens is 2. The van der Waals surface area contributed by atoms with E-state index in [9.17, 15) is 9.18 Å². The van der Waals surface area contributed by atoms with E-state index < -0.39 is 5.82 Å². The number of fused-ring (bicyclic) bond motifs is 1. The molecular formula is C16H13FN2O. The second-order valence-electron chi connectivity index (χ2n) is 4.87. The van der Waals surface area contributed by atoms with Crippen LogP contribution in [0.5, 0.6) is 0 Å². The molecule has 2 aromatic carbocycles. The Hall–Kier alpha value is -2.49. The van der Waals surface area contributed by atoms with Crippen molar-refractivity contribution in [2.24, 2.45) is 7.05 Å². The van der Waals surface area contributed by atoms with E-state index in [4.69, 9.17) is 0 Å². The highest BCUT2D eigenvalue weighted by atomic mass is 19.1. The summed E-state index contributed by atoms with van der Waals surface area (Å²) in [6.07, 6.45) is 2.28. The summed E-state index contributed by atoms with van der Waals surface area (Å²) >= 11 is 0. The molecule has 0 spiro atoms. The second kappa shape index (κ2) is 4.56. The molecule has 1 aromatic heterocycles. The van der Waals surface area contributed by atoms with Crippen LogP contribution in [0.1, 0.15) is 15.9 Å². The van der Waals surface area contributed by atoms with Crippen molar-refractivity contribution in [3.63, 3.8) is 0 Å². The first-order valence-electron chi connectivity index (χ1n) is 6.27. The molecular weight excluding hydrogens is 255 g/mol. The lowest BCUT2D eigenvalue weighted by atomic mass is 9.98. The molecule has 0 amide bonds. The average molecular weight is 268 g/mol. The van der Waals surface area contributed by atoms with Gasteiger partial charge in [-0.05, 0) is 47.9 Å². The van der Waals surface area contributed by atoms with Crippen LogP contribution in [0.15, 0.2) is 36.7 Å². The van der Waals surface area contributed by atoms with E-state index in [1.54, 1.807) is 12.4 Å². The van der Waals surface area contributed by atoms with Crippen molar-refractivity contribution >= 4 is 17.3 Å². The molecule has 0 saturated carbocycles. The second-order valence-corrected chi connectivity index (χ2v) is 4.87. The smallest absolute Gasteiger partial charge is 0.152 e. The van der Waals surface area contributed by atoms with Crippen LogP contribution < -0.4 is 0 Å². The van der Waals surface area contributed by atoms with Crippen LogP contribution >= 0.6 is 0 Å². The van der Waals surface area contributed by atoms with Gasteiger partial charge in [-0.25, -0.2) is 9.37 Å². The fourth-order valence-corrected chi connectivity index (χ4v) is 2.38. The lowest BCUT2D eigenvalue weighted by Gasteiger charge is -2.08. The van der Waals surface area contributed by atoms with E-state index in [2.05, 4.69) is 4.98 Å². The van der Waals surface area contributed by atoms with Gasteiger partial charge in [0.1, 0.15) is 5.82 Å². The monoisotopic (exact) mass is 268 g/mol. The van der Waals surface area contributed by atoms with E-state index in [1.807, 2.05) is 30.7 Å². The SMILES string of the molecule is Cc1cc2c(cc1-c1ccc(C=O)c(F)c1)ncn2C. The first-order valence-corrected chi connectivity index (χ1v) is 6.27. The highest BCUT2D eigenvalue weighted by molar-refractivity contribution is 5.85. The third kappa shape index (κ3) is 1.90. The number of imidazole rings is 1. The molecule has 0 unspecified atom stereocenters. The Morgan fingerprint density at radius 3 is 2.75 bits per heavy atom. The number of rotatable bonds is 2. The summed E-state index contributed by atoms with van der Waals surface area (Å²) in [5.74, 6) is -0.502. The van der Waals surface area contributed by atoms with Crippen molar-refractivity contribution in [2.75, 3.05) is 0 Å². The van der Waals surface area contributed by atoms with Gasteiger partial charge >= 0.3 is 0 Å². The summed E-state index contributed by atoms with van der Waals surface area (Å²) in [5, 5.41) is 0. The van der Waals surface area contributed by atoms with Crippen molar-refractivity contribution in [3.8, 4) is 11.1 Å². The first kappa shape index (κ1) is 12.5. The Kier molecular flexibility index (Phi) is 2.86. The number of halogens is 1. The summed E-state index contributed by atoms with van der Waals surface area (Å²) in [7, 11) is 1.94. The minimum atomic E-state index is -0.502. The summed E-state index contributed by atoms with van der Waals surface area (Å²) in [4.78, 5) is 15.0. The van der Waals surface area contributed by atoms with Gasteiger partial charge in [-0.15, -0.1) is 0 Å².